The summed E-state index contributed by atoms with van der Waals surface area (Å²) in [5, 5.41) is 7.04. The Morgan fingerprint density at radius 3 is 2.41 bits per heavy atom. The lowest BCUT2D eigenvalue weighted by Gasteiger charge is -2.43. The van der Waals surface area contributed by atoms with Gasteiger partial charge in [0.2, 0.25) is 0 Å². The van der Waals surface area contributed by atoms with E-state index in [1.54, 1.807) is 14.2 Å². The number of aliphatic imine (C=N–C) groups is 1. The topological polar surface area (TPSA) is 58.1 Å². The van der Waals surface area contributed by atoms with Gasteiger partial charge in [-0.3, -0.25) is 9.89 Å². The summed E-state index contributed by atoms with van der Waals surface area (Å²) in [6, 6.07) is 5.99. The number of rotatable bonds is 7. The zero-order valence-corrected chi connectivity index (χ0v) is 21.0. The van der Waals surface area contributed by atoms with Crippen molar-refractivity contribution in [2.75, 3.05) is 52.4 Å². The molecule has 1 aliphatic carbocycles. The second kappa shape index (κ2) is 12.1. The van der Waals surface area contributed by atoms with Crippen LogP contribution in [0.5, 0.6) is 11.5 Å². The molecule has 1 saturated heterocycles. The van der Waals surface area contributed by atoms with Crippen LogP contribution in [0, 0.1) is 0 Å². The van der Waals surface area contributed by atoms with E-state index in [2.05, 4.69) is 32.3 Å². The number of benzene rings is 1. The fourth-order valence-corrected chi connectivity index (χ4v) is 5.22. The molecule has 1 saturated carbocycles. The van der Waals surface area contributed by atoms with Crippen LogP contribution in [0.1, 0.15) is 31.2 Å². The summed E-state index contributed by atoms with van der Waals surface area (Å²) in [6.07, 6.45) is 5.25. The maximum Gasteiger partial charge on any atom is 0.191 e. The van der Waals surface area contributed by atoms with E-state index in [1.807, 2.05) is 25.2 Å². The third-order valence-electron chi connectivity index (χ3n) is 5.93. The molecule has 0 atom stereocenters. The predicted octanol–water partition coefficient (Wildman–Crippen LogP) is 3.35. The zero-order chi connectivity index (χ0) is 19.8. The fraction of sp³-hybridized carbons (Fsp3) is 0.667. The van der Waals surface area contributed by atoms with Crippen molar-refractivity contribution in [3.8, 4) is 11.5 Å². The molecule has 29 heavy (non-hydrogen) atoms. The van der Waals surface area contributed by atoms with E-state index < -0.39 is 0 Å². The van der Waals surface area contributed by atoms with E-state index in [9.17, 15) is 0 Å². The Bertz CT molecular complexity index is 662. The summed E-state index contributed by atoms with van der Waals surface area (Å²) in [5.41, 5.74) is 1.42. The molecule has 2 fully saturated rings. The zero-order valence-electron chi connectivity index (χ0n) is 17.8. The minimum atomic E-state index is 0. The number of ether oxygens (including phenoxy) is 2. The first-order chi connectivity index (χ1) is 13.7. The smallest absolute Gasteiger partial charge is 0.191 e. The summed E-state index contributed by atoms with van der Waals surface area (Å²) >= 11 is 2.08. The van der Waals surface area contributed by atoms with E-state index in [-0.39, 0.29) is 24.0 Å². The summed E-state index contributed by atoms with van der Waals surface area (Å²) in [7, 11) is 5.15. The normalized spacial score (nSPS) is 19.3. The summed E-state index contributed by atoms with van der Waals surface area (Å²) < 4.78 is 10.7. The van der Waals surface area contributed by atoms with E-state index >= 15 is 0 Å². The molecule has 0 radical (unpaired) electrons. The highest BCUT2D eigenvalue weighted by atomic mass is 127. The lowest BCUT2D eigenvalue weighted by Crippen LogP contribution is -2.57. The van der Waals surface area contributed by atoms with Crippen molar-refractivity contribution in [2.45, 2.75) is 37.8 Å². The largest absolute Gasteiger partial charge is 0.493 e. The van der Waals surface area contributed by atoms with Crippen LogP contribution in [0.3, 0.4) is 0 Å². The van der Waals surface area contributed by atoms with Crippen molar-refractivity contribution in [2.24, 2.45) is 4.99 Å². The van der Waals surface area contributed by atoms with Crippen molar-refractivity contribution in [1.29, 1.82) is 0 Å². The highest BCUT2D eigenvalue weighted by Crippen LogP contribution is 2.36. The van der Waals surface area contributed by atoms with Crippen molar-refractivity contribution < 1.29 is 9.47 Å². The number of nitrogens with one attached hydrogen (secondary N) is 2. The first-order valence-electron chi connectivity index (χ1n) is 10.2. The Labute approximate surface area is 196 Å². The minimum Gasteiger partial charge on any atom is -0.493 e. The van der Waals surface area contributed by atoms with E-state index in [1.165, 1.54) is 50.3 Å². The molecule has 8 heteroatoms. The van der Waals surface area contributed by atoms with Gasteiger partial charge in [0.15, 0.2) is 17.5 Å². The van der Waals surface area contributed by atoms with Gasteiger partial charge < -0.3 is 20.1 Å². The Morgan fingerprint density at radius 1 is 1.10 bits per heavy atom. The van der Waals surface area contributed by atoms with Gasteiger partial charge in [0.05, 0.1) is 14.2 Å². The number of nitrogens with zero attached hydrogens (tertiary/aromatic N) is 2. The van der Waals surface area contributed by atoms with Crippen LogP contribution in [-0.4, -0.2) is 68.8 Å². The molecule has 0 spiro atoms. The summed E-state index contributed by atoms with van der Waals surface area (Å²) in [5.74, 6) is 4.86. The molecule has 1 aromatic rings. The van der Waals surface area contributed by atoms with Crippen LogP contribution in [0.4, 0.5) is 0 Å². The Kier molecular flexibility index (Phi) is 10.2. The van der Waals surface area contributed by atoms with Gasteiger partial charge in [0.25, 0.3) is 0 Å². The number of halogens is 1. The molecule has 1 aliphatic heterocycles. The second-order valence-corrected chi connectivity index (χ2v) is 8.72. The van der Waals surface area contributed by atoms with E-state index in [0.29, 0.717) is 12.1 Å². The van der Waals surface area contributed by atoms with Crippen molar-refractivity contribution in [3.05, 3.63) is 23.8 Å². The molecule has 0 amide bonds. The number of thioether (sulfide) groups is 1. The van der Waals surface area contributed by atoms with Gasteiger partial charge in [0.1, 0.15) is 0 Å². The monoisotopic (exact) mass is 534 g/mol. The van der Waals surface area contributed by atoms with Crippen LogP contribution < -0.4 is 20.1 Å². The van der Waals surface area contributed by atoms with Gasteiger partial charge in [-0.25, -0.2) is 0 Å². The molecule has 2 N–H and O–H groups in total. The molecule has 3 rings (SSSR count). The highest BCUT2D eigenvalue weighted by molar-refractivity contribution is 14.0. The molecule has 0 aromatic heterocycles. The second-order valence-electron chi connectivity index (χ2n) is 7.50. The Morgan fingerprint density at radius 2 is 1.79 bits per heavy atom. The third-order valence-corrected chi connectivity index (χ3v) is 6.88. The predicted molar refractivity (Wildman–Crippen MR) is 133 cm³/mol. The van der Waals surface area contributed by atoms with Gasteiger partial charge in [-0.05, 0) is 30.5 Å². The standard InChI is InChI=1S/C21H34N4O2S.HI/c1-22-20(23-15-17-6-7-18(26-2)19(14-17)27-3)24-16-21(8-4-5-9-21)25-10-12-28-13-11-25;/h6-7,14H,4-5,8-13,15-16H2,1-3H3,(H2,22,23,24);1H. The molecule has 0 bridgehead atoms. The lowest BCUT2D eigenvalue weighted by molar-refractivity contribution is 0.107. The average Bonchev–Trinajstić information content (AvgIpc) is 3.24. The SMILES string of the molecule is CN=C(NCc1ccc(OC)c(OC)c1)NCC1(N2CCSCC2)CCCC1.I. The van der Waals surface area contributed by atoms with Gasteiger partial charge >= 0.3 is 0 Å². The number of hydrogen-bond donors (Lipinski definition) is 2. The average molecular weight is 535 g/mol. The van der Waals surface area contributed by atoms with Crippen molar-refractivity contribution in [1.82, 2.24) is 15.5 Å². The Balaban J connectivity index is 0.00000300. The molecule has 2 aliphatic rings. The Hall–Kier alpha value is -0.870. The van der Waals surface area contributed by atoms with E-state index in [0.717, 1.165) is 29.6 Å². The maximum atomic E-state index is 5.40. The molecule has 1 aromatic carbocycles. The van der Waals surface area contributed by atoms with Gasteiger partial charge in [-0.1, -0.05) is 18.9 Å². The third kappa shape index (κ3) is 6.30. The summed E-state index contributed by atoms with van der Waals surface area (Å²) in [6.45, 7) is 4.07. The quantitative estimate of drug-likeness (QED) is 0.318. The fourth-order valence-electron chi connectivity index (χ4n) is 4.32. The van der Waals surface area contributed by atoms with Crippen LogP contribution in [0.2, 0.25) is 0 Å². The minimum absolute atomic E-state index is 0. The number of guanidine groups is 1. The van der Waals surface area contributed by atoms with Gasteiger partial charge in [0, 0.05) is 50.3 Å². The van der Waals surface area contributed by atoms with Gasteiger partial charge in [-0.2, -0.15) is 11.8 Å². The van der Waals surface area contributed by atoms with E-state index in [4.69, 9.17) is 9.47 Å². The summed E-state index contributed by atoms with van der Waals surface area (Å²) in [4.78, 5) is 7.16. The first-order valence-corrected chi connectivity index (χ1v) is 11.3. The number of methoxy groups -OCH3 is 2. The van der Waals surface area contributed by atoms with Crippen molar-refractivity contribution in [3.63, 3.8) is 0 Å². The maximum absolute atomic E-state index is 5.40. The van der Waals surface area contributed by atoms with Crippen LogP contribution in [-0.2, 0) is 6.54 Å². The van der Waals surface area contributed by atoms with Crippen molar-refractivity contribution >= 4 is 41.7 Å². The lowest BCUT2D eigenvalue weighted by atomic mass is 9.94. The molecule has 164 valence electrons. The van der Waals surface area contributed by atoms with Crippen LogP contribution in [0.15, 0.2) is 23.2 Å². The molecular weight excluding hydrogens is 499 g/mol. The number of hydrogen-bond acceptors (Lipinski definition) is 5. The first kappa shape index (κ1) is 24.4. The molecule has 1 heterocycles. The molecule has 0 unspecified atom stereocenters. The van der Waals surface area contributed by atoms with Crippen LogP contribution in [0.25, 0.3) is 0 Å². The molecular formula is C21H35IN4O2S. The van der Waals surface area contributed by atoms with Crippen LogP contribution >= 0.6 is 35.7 Å². The highest BCUT2D eigenvalue weighted by Gasteiger charge is 2.39. The van der Waals surface area contributed by atoms with Gasteiger partial charge in [-0.15, -0.1) is 24.0 Å². The molecule has 6 nitrogen and oxygen atoms in total.